The zero-order chi connectivity index (χ0) is 13.0. The monoisotopic (exact) mass is 267 g/mol. The van der Waals surface area contributed by atoms with E-state index in [1.54, 1.807) is 5.51 Å². The maximum absolute atomic E-state index is 12.4. The summed E-state index contributed by atoms with van der Waals surface area (Å²) in [6.07, 6.45) is 2.42. The summed E-state index contributed by atoms with van der Waals surface area (Å²) in [6, 6.07) is 0.223. The molecule has 2 rings (SSSR count). The van der Waals surface area contributed by atoms with Gasteiger partial charge in [0.05, 0.1) is 5.51 Å². The predicted molar refractivity (Wildman–Crippen MR) is 73.9 cm³/mol. The number of piperidine rings is 1. The number of nitrogens with zero attached hydrogens (tertiary/aromatic N) is 2. The maximum Gasteiger partial charge on any atom is 0.273 e. The van der Waals surface area contributed by atoms with E-state index in [1.165, 1.54) is 24.2 Å². The molecular weight excluding hydrogens is 246 g/mol. The van der Waals surface area contributed by atoms with Gasteiger partial charge in [-0.15, -0.1) is 11.3 Å². The summed E-state index contributed by atoms with van der Waals surface area (Å²) in [5.41, 5.74) is 2.30. The van der Waals surface area contributed by atoms with Crippen molar-refractivity contribution >= 4 is 17.2 Å². The molecule has 1 atom stereocenters. The van der Waals surface area contributed by atoms with Gasteiger partial charge in [0.2, 0.25) is 0 Å². The molecule has 0 saturated carbocycles. The third-order valence-electron chi connectivity index (χ3n) is 3.39. The van der Waals surface area contributed by atoms with Crippen molar-refractivity contribution in [2.24, 2.45) is 5.92 Å². The summed E-state index contributed by atoms with van der Waals surface area (Å²) in [5, 5.41) is 5.23. The predicted octanol–water partition coefficient (Wildman–Crippen LogP) is 1.99. The highest BCUT2D eigenvalue weighted by Gasteiger charge is 2.24. The molecule has 0 bridgehead atoms. The number of rotatable bonds is 4. The number of hydrogen-bond acceptors (Lipinski definition) is 4. The molecule has 1 aromatic rings. The van der Waals surface area contributed by atoms with Crippen molar-refractivity contribution in [3.05, 3.63) is 16.6 Å². The summed E-state index contributed by atoms with van der Waals surface area (Å²) < 4.78 is 0. The van der Waals surface area contributed by atoms with Crippen LogP contribution in [-0.2, 0) is 0 Å². The molecule has 18 heavy (non-hydrogen) atoms. The Morgan fingerprint density at radius 2 is 2.50 bits per heavy atom. The second kappa shape index (κ2) is 6.29. The molecule has 1 saturated heterocycles. The molecule has 1 fully saturated rings. The van der Waals surface area contributed by atoms with E-state index in [9.17, 15) is 4.79 Å². The van der Waals surface area contributed by atoms with E-state index in [-0.39, 0.29) is 11.9 Å². The molecule has 0 aromatic carbocycles. The summed E-state index contributed by atoms with van der Waals surface area (Å²) in [5.74, 6) is 0.639. The Kier molecular flexibility index (Phi) is 4.72. The highest BCUT2D eigenvalue weighted by Crippen LogP contribution is 2.16. The Morgan fingerprint density at radius 3 is 3.06 bits per heavy atom. The van der Waals surface area contributed by atoms with Gasteiger partial charge in [-0.3, -0.25) is 4.79 Å². The zero-order valence-corrected chi connectivity index (χ0v) is 11.9. The van der Waals surface area contributed by atoms with Gasteiger partial charge in [-0.1, -0.05) is 0 Å². The minimum Gasteiger partial charge on any atom is -0.335 e. The quantitative estimate of drug-likeness (QED) is 0.907. The number of amides is 1. The first-order valence-corrected chi connectivity index (χ1v) is 7.52. The van der Waals surface area contributed by atoms with Gasteiger partial charge in [0.25, 0.3) is 5.91 Å². The first kappa shape index (κ1) is 13.5. The van der Waals surface area contributed by atoms with Crippen LogP contribution in [0.1, 0.15) is 37.2 Å². The fourth-order valence-corrected chi connectivity index (χ4v) is 2.88. The Labute approximate surface area is 112 Å². The lowest BCUT2D eigenvalue weighted by Gasteiger charge is -2.32. The van der Waals surface area contributed by atoms with Gasteiger partial charge in [0, 0.05) is 18.0 Å². The van der Waals surface area contributed by atoms with Crippen molar-refractivity contribution in [1.82, 2.24) is 15.2 Å². The van der Waals surface area contributed by atoms with Gasteiger partial charge < -0.3 is 10.2 Å². The molecule has 4 nitrogen and oxygen atoms in total. The van der Waals surface area contributed by atoms with E-state index in [4.69, 9.17) is 0 Å². The molecule has 1 aliphatic heterocycles. The van der Waals surface area contributed by atoms with Crippen LogP contribution in [0.25, 0.3) is 0 Å². The second-order valence-electron chi connectivity index (χ2n) is 5.14. The highest BCUT2D eigenvalue weighted by molar-refractivity contribution is 7.07. The minimum atomic E-state index is 0.0665. The number of hydrogen-bond donors (Lipinski definition) is 1. The van der Waals surface area contributed by atoms with Crippen molar-refractivity contribution in [3.8, 4) is 0 Å². The molecule has 1 amide bonds. The molecule has 1 aliphatic rings. The summed E-state index contributed by atoms with van der Waals surface area (Å²) >= 11 is 1.47. The number of nitrogens with one attached hydrogen (secondary N) is 1. The smallest absolute Gasteiger partial charge is 0.273 e. The standard InChI is InChI=1S/C13H21N3OS/c1-10(2)16(7-11-4-3-5-14-6-11)13(17)12-8-18-9-15-12/h8-11,14H,3-7H2,1-2H3. The molecule has 1 unspecified atom stereocenters. The van der Waals surface area contributed by atoms with Crippen LogP contribution in [0.3, 0.4) is 0 Å². The molecule has 5 heteroatoms. The van der Waals surface area contributed by atoms with E-state index >= 15 is 0 Å². The zero-order valence-electron chi connectivity index (χ0n) is 11.1. The Hall–Kier alpha value is -0.940. The summed E-state index contributed by atoms with van der Waals surface area (Å²) in [4.78, 5) is 18.4. The Morgan fingerprint density at radius 1 is 1.67 bits per heavy atom. The average Bonchev–Trinajstić information content (AvgIpc) is 2.90. The average molecular weight is 267 g/mol. The highest BCUT2D eigenvalue weighted by atomic mass is 32.1. The number of carbonyl (C=O) groups excluding carboxylic acids is 1. The number of aromatic nitrogens is 1. The first-order chi connectivity index (χ1) is 8.68. The van der Waals surface area contributed by atoms with Gasteiger partial charge in [-0.25, -0.2) is 4.98 Å². The SMILES string of the molecule is CC(C)N(CC1CCCNC1)C(=O)c1cscn1. The topological polar surface area (TPSA) is 45.2 Å². The molecular formula is C13H21N3OS. The molecule has 2 heterocycles. The molecule has 0 aliphatic carbocycles. The third-order valence-corrected chi connectivity index (χ3v) is 3.98. The largest absolute Gasteiger partial charge is 0.335 e. The van der Waals surface area contributed by atoms with Crippen LogP contribution < -0.4 is 5.32 Å². The van der Waals surface area contributed by atoms with Crippen LogP contribution in [0.5, 0.6) is 0 Å². The lowest BCUT2D eigenvalue weighted by Crippen LogP contribution is -2.44. The summed E-state index contributed by atoms with van der Waals surface area (Å²) in [6.45, 7) is 7.11. The van der Waals surface area contributed by atoms with Gasteiger partial charge in [-0.2, -0.15) is 0 Å². The van der Waals surface area contributed by atoms with Gasteiger partial charge in [-0.05, 0) is 45.7 Å². The molecule has 1 N–H and O–H groups in total. The van der Waals surface area contributed by atoms with Crippen LogP contribution >= 0.6 is 11.3 Å². The maximum atomic E-state index is 12.4. The van der Waals surface area contributed by atoms with Crippen LogP contribution in [0.2, 0.25) is 0 Å². The normalized spacial score (nSPS) is 20.1. The van der Waals surface area contributed by atoms with Crippen molar-refractivity contribution < 1.29 is 4.79 Å². The van der Waals surface area contributed by atoms with E-state index < -0.39 is 0 Å². The van der Waals surface area contributed by atoms with E-state index in [0.717, 1.165) is 19.6 Å². The molecule has 0 radical (unpaired) electrons. The van der Waals surface area contributed by atoms with Gasteiger partial charge >= 0.3 is 0 Å². The Bertz CT molecular complexity index is 372. The number of carbonyl (C=O) groups is 1. The van der Waals surface area contributed by atoms with E-state index in [0.29, 0.717) is 11.6 Å². The fourth-order valence-electron chi connectivity index (χ4n) is 2.35. The minimum absolute atomic E-state index is 0.0665. The van der Waals surface area contributed by atoms with Crippen LogP contribution in [0.15, 0.2) is 10.9 Å². The Balaban J connectivity index is 2.01. The van der Waals surface area contributed by atoms with E-state index in [2.05, 4.69) is 24.1 Å². The van der Waals surface area contributed by atoms with Crippen LogP contribution in [-0.4, -0.2) is 41.5 Å². The lowest BCUT2D eigenvalue weighted by atomic mass is 9.98. The van der Waals surface area contributed by atoms with Crippen LogP contribution in [0, 0.1) is 5.92 Å². The number of thiazole rings is 1. The molecule has 100 valence electrons. The van der Waals surface area contributed by atoms with Crippen LogP contribution in [0.4, 0.5) is 0 Å². The van der Waals surface area contributed by atoms with Gasteiger partial charge in [0.15, 0.2) is 0 Å². The van der Waals surface area contributed by atoms with Crippen molar-refractivity contribution in [3.63, 3.8) is 0 Å². The lowest BCUT2D eigenvalue weighted by molar-refractivity contribution is 0.0655. The van der Waals surface area contributed by atoms with Crippen molar-refractivity contribution in [1.29, 1.82) is 0 Å². The van der Waals surface area contributed by atoms with Crippen molar-refractivity contribution in [2.45, 2.75) is 32.7 Å². The molecule has 1 aromatic heterocycles. The summed E-state index contributed by atoms with van der Waals surface area (Å²) in [7, 11) is 0. The van der Waals surface area contributed by atoms with Gasteiger partial charge in [0.1, 0.15) is 5.69 Å². The third kappa shape index (κ3) is 3.29. The first-order valence-electron chi connectivity index (χ1n) is 6.58. The van der Waals surface area contributed by atoms with Crippen molar-refractivity contribution in [2.75, 3.05) is 19.6 Å². The van der Waals surface area contributed by atoms with E-state index in [1.807, 2.05) is 10.3 Å². The molecule has 0 spiro atoms. The second-order valence-corrected chi connectivity index (χ2v) is 5.86. The fraction of sp³-hybridized carbons (Fsp3) is 0.692.